The molecule has 0 saturated heterocycles. The molecule has 0 aromatic heterocycles. The predicted octanol–water partition coefficient (Wildman–Crippen LogP) is 3.11. The van der Waals surface area contributed by atoms with Crippen LogP contribution in [0.25, 0.3) is 0 Å². The van der Waals surface area contributed by atoms with Gasteiger partial charge in [0.05, 0.1) is 0 Å². The van der Waals surface area contributed by atoms with Crippen molar-refractivity contribution in [1.82, 2.24) is 0 Å². The maximum atomic E-state index is 11.7. The molecule has 18 heavy (non-hydrogen) atoms. The Morgan fingerprint density at radius 3 is 2.17 bits per heavy atom. The molecular formula is C10H16Br2O4S2. The SMILES string of the molecule is CCC/C(=C/C/C=C/S(=O)(=O)CBr)S(=O)(=O)CBr. The largest absolute Gasteiger partial charge is 0.223 e. The van der Waals surface area contributed by atoms with Crippen molar-refractivity contribution < 1.29 is 16.8 Å². The van der Waals surface area contributed by atoms with Crippen LogP contribution in [0.2, 0.25) is 0 Å². The molecule has 0 rings (SSSR count). The van der Waals surface area contributed by atoms with Crippen molar-refractivity contribution in [3.63, 3.8) is 0 Å². The van der Waals surface area contributed by atoms with Gasteiger partial charge in [0, 0.05) is 10.3 Å². The Kier molecular flexibility index (Phi) is 8.66. The van der Waals surface area contributed by atoms with Gasteiger partial charge in [-0.25, -0.2) is 16.8 Å². The van der Waals surface area contributed by atoms with Gasteiger partial charge in [0.15, 0.2) is 19.7 Å². The van der Waals surface area contributed by atoms with Crippen LogP contribution in [0, 0.1) is 0 Å². The monoisotopic (exact) mass is 422 g/mol. The zero-order chi connectivity index (χ0) is 14.2. The van der Waals surface area contributed by atoms with Gasteiger partial charge in [0.2, 0.25) is 0 Å². The molecule has 0 fully saturated rings. The highest BCUT2D eigenvalue weighted by Crippen LogP contribution is 2.17. The molecule has 0 aliphatic heterocycles. The zero-order valence-electron chi connectivity index (χ0n) is 9.97. The highest BCUT2D eigenvalue weighted by atomic mass is 79.9. The van der Waals surface area contributed by atoms with E-state index in [1.165, 1.54) is 6.08 Å². The molecular weight excluding hydrogens is 408 g/mol. The van der Waals surface area contributed by atoms with Crippen molar-refractivity contribution in [2.75, 3.05) is 9.32 Å². The predicted molar refractivity (Wildman–Crippen MR) is 82.2 cm³/mol. The van der Waals surface area contributed by atoms with Gasteiger partial charge in [-0.3, -0.25) is 0 Å². The van der Waals surface area contributed by atoms with E-state index in [0.29, 0.717) is 11.3 Å². The lowest BCUT2D eigenvalue weighted by Crippen LogP contribution is -2.04. The van der Waals surface area contributed by atoms with Gasteiger partial charge in [-0.2, -0.15) is 0 Å². The van der Waals surface area contributed by atoms with Gasteiger partial charge in [-0.15, -0.1) is 0 Å². The molecule has 0 aliphatic carbocycles. The van der Waals surface area contributed by atoms with Crippen LogP contribution >= 0.6 is 31.9 Å². The third-order valence-electron chi connectivity index (χ3n) is 1.98. The molecule has 0 spiro atoms. The first-order chi connectivity index (χ1) is 8.29. The van der Waals surface area contributed by atoms with Gasteiger partial charge in [0.1, 0.15) is 9.32 Å². The van der Waals surface area contributed by atoms with Crippen molar-refractivity contribution in [1.29, 1.82) is 0 Å². The van der Waals surface area contributed by atoms with Crippen LogP contribution in [0.15, 0.2) is 22.5 Å². The Balaban J connectivity index is 4.83. The molecule has 0 radical (unpaired) electrons. The maximum absolute atomic E-state index is 11.7. The lowest BCUT2D eigenvalue weighted by atomic mass is 10.3. The third kappa shape index (κ3) is 7.06. The lowest BCUT2D eigenvalue weighted by molar-refractivity contribution is 0.604. The van der Waals surface area contributed by atoms with Gasteiger partial charge in [0.25, 0.3) is 0 Å². The number of rotatable bonds is 8. The summed E-state index contributed by atoms with van der Waals surface area (Å²) in [5.74, 6) is 0. The summed E-state index contributed by atoms with van der Waals surface area (Å²) in [5.41, 5.74) is 0. The third-order valence-corrected chi connectivity index (χ3v) is 8.07. The molecule has 0 saturated carbocycles. The van der Waals surface area contributed by atoms with E-state index in [1.54, 1.807) is 6.08 Å². The van der Waals surface area contributed by atoms with Crippen molar-refractivity contribution in [3.05, 3.63) is 22.5 Å². The van der Waals surface area contributed by atoms with Crippen LogP contribution in [-0.2, 0) is 19.7 Å². The van der Waals surface area contributed by atoms with E-state index in [-0.39, 0.29) is 15.7 Å². The molecule has 0 aromatic rings. The summed E-state index contributed by atoms with van der Waals surface area (Å²) in [6, 6.07) is 0. The Morgan fingerprint density at radius 1 is 1.11 bits per heavy atom. The van der Waals surface area contributed by atoms with Crippen LogP contribution in [0.1, 0.15) is 26.2 Å². The van der Waals surface area contributed by atoms with Crippen LogP contribution in [-0.4, -0.2) is 26.2 Å². The first-order valence-corrected chi connectivity index (χ1v) is 10.8. The summed E-state index contributed by atoms with van der Waals surface area (Å²) in [5, 5.41) is 1.09. The molecule has 0 bridgehead atoms. The fraction of sp³-hybridized carbons (Fsp3) is 0.600. The number of sulfone groups is 2. The average Bonchev–Trinajstić information content (AvgIpc) is 2.33. The number of hydrogen-bond acceptors (Lipinski definition) is 4. The topological polar surface area (TPSA) is 68.3 Å². The number of allylic oxidation sites excluding steroid dienone is 3. The summed E-state index contributed by atoms with van der Waals surface area (Å²) in [6.45, 7) is 1.89. The summed E-state index contributed by atoms with van der Waals surface area (Å²) < 4.78 is 45.4. The molecule has 0 heterocycles. The molecule has 8 heteroatoms. The fourth-order valence-corrected chi connectivity index (χ4v) is 3.96. The number of hydrogen-bond donors (Lipinski definition) is 0. The van der Waals surface area contributed by atoms with E-state index in [9.17, 15) is 16.8 Å². The van der Waals surface area contributed by atoms with Crippen LogP contribution < -0.4 is 0 Å². The summed E-state index contributed by atoms with van der Waals surface area (Å²) in [7, 11) is -6.48. The first-order valence-electron chi connectivity index (χ1n) is 5.22. The second-order valence-corrected chi connectivity index (χ2v) is 10.1. The minimum Gasteiger partial charge on any atom is -0.223 e. The molecule has 0 unspecified atom stereocenters. The van der Waals surface area contributed by atoms with Gasteiger partial charge < -0.3 is 0 Å². The van der Waals surface area contributed by atoms with E-state index in [0.717, 1.165) is 11.8 Å². The Bertz CT molecular complexity index is 504. The lowest BCUT2D eigenvalue weighted by Gasteiger charge is -2.04. The molecule has 106 valence electrons. The van der Waals surface area contributed by atoms with Gasteiger partial charge in [-0.05, 0) is 12.8 Å². The van der Waals surface area contributed by atoms with E-state index in [1.807, 2.05) is 6.92 Å². The molecule has 0 aromatic carbocycles. The van der Waals surface area contributed by atoms with Crippen molar-refractivity contribution >= 4 is 51.5 Å². The Hall–Kier alpha value is 0.340. The molecule has 0 amide bonds. The Labute approximate surface area is 126 Å². The number of halogens is 2. The first kappa shape index (κ1) is 18.3. The quantitative estimate of drug-likeness (QED) is 0.562. The van der Waals surface area contributed by atoms with Crippen LogP contribution in [0.5, 0.6) is 0 Å². The molecule has 0 aliphatic rings. The second kappa shape index (κ2) is 8.50. The minimum absolute atomic E-state index is 0.116. The van der Waals surface area contributed by atoms with Crippen LogP contribution in [0.3, 0.4) is 0 Å². The highest BCUT2D eigenvalue weighted by Gasteiger charge is 2.14. The van der Waals surface area contributed by atoms with E-state index < -0.39 is 19.7 Å². The fourth-order valence-electron chi connectivity index (χ4n) is 1.14. The molecule has 4 nitrogen and oxygen atoms in total. The van der Waals surface area contributed by atoms with Crippen molar-refractivity contribution in [3.8, 4) is 0 Å². The van der Waals surface area contributed by atoms with E-state index in [4.69, 9.17) is 0 Å². The summed E-state index contributed by atoms with van der Waals surface area (Å²) >= 11 is 5.81. The van der Waals surface area contributed by atoms with Gasteiger partial charge >= 0.3 is 0 Å². The Morgan fingerprint density at radius 2 is 1.72 bits per heavy atom. The smallest absolute Gasteiger partial charge is 0.184 e. The maximum Gasteiger partial charge on any atom is 0.184 e. The van der Waals surface area contributed by atoms with E-state index >= 15 is 0 Å². The van der Waals surface area contributed by atoms with E-state index in [2.05, 4.69) is 31.9 Å². The van der Waals surface area contributed by atoms with Gasteiger partial charge in [-0.1, -0.05) is 57.4 Å². The second-order valence-electron chi connectivity index (χ2n) is 3.52. The standard InChI is InChI=1S/C10H16Br2O4S2/c1-2-5-10(18(15,16)9-12)6-3-4-7-17(13,14)8-11/h4,6-7H,2-3,5,8-9H2,1H3/b7-4+,10-6-. The summed E-state index contributed by atoms with van der Waals surface area (Å²) in [4.78, 5) is 0.350. The minimum atomic E-state index is -3.26. The summed E-state index contributed by atoms with van der Waals surface area (Å²) in [6.07, 6.45) is 4.47. The van der Waals surface area contributed by atoms with Crippen molar-refractivity contribution in [2.45, 2.75) is 26.2 Å². The highest BCUT2D eigenvalue weighted by molar-refractivity contribution is 9.11. The van der Waals surface area contributed by atoms with Crippen molar-refractivity contribution in [2.24, 2.45) is 0 Å². The number of alkyl halides is 2. The zero-order valence-corrected chi connectivity index (χ0v) is 14.8. The van der Waals surface area contributed by atoms with Crippen LogP contribution in [0.4, 0.5) is 0 Å². The normalized spacial score (nSPS) is 14.3. The molecule has 0 atom stereocenters. The molecule has 0 N–H and O–H groups in total. The average molecular weight is 424 g/mol.